The Kier molecular flexibility index (Phi) is 15.5. The molecular weight excluding hydrogens is 1100 g/mol. The number of imidazole rings is 1. The van der Waals surface area contributed by atoms with Crippen molar-refractivity contribution in [3.63, 3.8) is 0 Å². The Morgan fingerprint density at radius 1 is 0.506 bits per heavy atom. The molecule has 0 amide bonds. The van der Waals surface area contributed by atoms with Gasteiger partial charge in [-0.1, -0.05) is 107 Å². The topological polar surface area (TPSA) is 125 Å². The van der Waals surface area contributed by atoms with Gasteiger partial charge in [-0.2, -0.15) is 0 Å². The summed E-state index contributed by atoms with van der Waals surface area (Å²) in [4.78, 5) is 18.0. The molecule has 0 aliphatic rings. The first kappa shape index (κ1) is 54.6. The highest BCUT2D eigenvalue weighted by atomic mass is 35.5. The third kappa shape index (κ3) is 10.7. The fourth-order valence-electron chi connectivity index (χ4n) is 10.2. The quantitative estimate of drug-likeness (QED) is 0.110. The monoisotopic (exact) mass is 1150 g/mol. The van der Waals surface area contributed by atoms with Crippen LogP contribution in [0.5, 0.6) is 11.8 Å². The number of aryl methyl sites for hydroxylation is 1. The second-order valence-electron chi connectivity index (χ2n) is 19.3. The molecule has 12 aromatic rings. The van der Waals surface area contributed by atoms with Gasteiger partial charge in [0.1, 0.15) is 11.4 Å². The molecule has 0 aliphatic heterocycles. The molecule has 6 aromatic carbocycles. The van der Waals surface area contributed by atoms with Gasteiger partial charge in [-0.3, -0.25) is 4.98 Å². The SMILES string of the molecule is COc1nc2ccc(C(O)(c3ccc(F)cc3)c3cncn3C)cc2c(Cl)c1Cc1ccc(-n2cccc2)cc1.COc1nc2ccc(C(O)(c3cccnc3)c3ccc(Cl)c(Cl)c3)cc2c(Cl)c1Cc1ccc(-n2cccc2)cc1. The van der Waals surface area contributed by atoms with Crippen molar-refractivity contribution in [1.29, 1.82) is 0 Å². The zero-order chi connectivity index (χ0) is 56.4. The van der Waals surface area contributed by atoms with E-state index in [1.807, 2.05) is 88.5 Å². The maximum absolute atomic E-state index is 13.8. The molecule has 0 fully saturated rings. The number of nitrogens with zero attached hydrogens (tertiary/aromatic N) is 7. The number of benzene rings is 6. The average Bonchev–Trinajstić information content (AvgIpc) is 4.46. The largest absolute Gasteiger partial charge is 0.481 e. The summed E-state index contributed by atoms with van der Waals surface area (Å²) in [6.45, 7) is 0. The maximum atomic E-state index is 13.8. The van der Waals surface area contributed by atoms with Crippen LogP contribution in [0.25, 0.3) is 33.2 Å². The fraction of sp³-hybridized carbons (Fsp3) is 0.108. The maximum Gasteiger partial charge on any atom is 0.218 e. The number of ether oxygens (including phenoxy) is 2. The van der Waals surface area contributed by atoms with Gasteiger partial charge < -0.3 is 33.4 Å². The van der Waals surface area contributed by atoms with Gasteiger partial charge in [0.15, 0.2) is 5.60 Å². The van der Waals surface area contributed by atoms with Crippen LogP contribution in [0.1, 0.15) is 55.8 Å². The second kappa shape index (κ2) is 23.0. The first-order chi connectivity index (χ1) is 39.3. The number of hydrogen-bond donors (Lipinski definition) is 2. The lowest BCUT2D eigenvalue weighted by Crippen LogP contribution is -2.31. The highest BCUT2D eigenvalue weighted by Crippen LogP contribution is 2.44. The molecule has 81 heavy (non-hydrogen) atoms. The van der Waals surface area contributed by atoms with Crippen LogP contribution in [0.2, 0.25) is 20.1 Å². The van der Waals surface area contributed by atoms with Crippen LogP contribution in [-0.4, -0.2) is 58.1 Å². The molecule has 2 atom stereocenters. The predicted molar refractivity (Wildman–Crippen MR) is 318 cm³/mol. The molecule has 0 bridgehead atoms. The van der Waals surface area contributed by atoms with Gasteiger partial charge in [0.2, 0.25) is 11.8 Å². The van der Waals surface area contributed by atoms with Gasteiger partial charge >= 0.3 is 0 Å². The predicted octanol–water partition coefficient (Wildman–Crippen LogP) is 14.7. The molecule has 0 aliphatic carbocycles. The first-order valence-corrected chi connectivity index (χ1v) is 27.1. The number of halogens is 5. The average molecular weight is 1150 g/mol. The summed E-state index contributed by atoms with van der Waals surface area (Å²) in [6, 6.07) is 49.9. The number of hydrogen-bond acceptors (Lipinski definition) is 8. The first-order valence-electron chi connectivity index (χ1n) is 25.6. The molecule has 404 valence electrons. The minimum absolute atomic E-state index is 0.335. The van der Waals surface area contributed by atoms with Crippen molar-refractivity contribution in [2.75, 3.05) is 14.2 Å². The number of aliphatic hydroxyl groups is 2. The van der Waals surface area contributed by atoms with Gasteiger partial charge in [-0.25, -0.2) is 19.3 Å². The molecule has 11 nitrogen and oxygen atoms in total. The summed E-state index contributed by atoms with van der Waals surface area (Å²) in [6.07, 6.45) is 15.5. The van der Waals surface area contributed by atoms with Crippen molar-refractivity contribution in [3.05, 3.63) is 295 Å². The van der Waals surface area contributed by atoms with Crippen LogP contribution in [0.4, 0.5) is 4.39 Å². The van der Waals surface area contributed by atoms with Crippen LogP contribution in [0.15, 0.2) is 213 Å². The van der Waals surface area contributed by atoms with Crippen molar-refractivity contribution < 1.29 is 24.1 Å². The Hall–Kier alpha value is -8.33. The smallest absolute Gasteiger partial charge is 0.218 e. The van der Waals surface area contributed by atoms with Crippen LogP contribution in [0.3, 0.4) is 0 Å². The van der Waals surface area contributed by atoms with E-state index in [2.05, 4.69) is 58.5 Å². The number of rotatable bonds is 14. The van der Waals surface area contributed by atoms with E-state index in [1.165, 1.54) is 12.1 Å². The van der Waals surface area contributed by atoms with E-state index in [9.17, 15) is 14.6 Å². The number of fused-ring (bicyclic) bond motifs is 2. The van der Waals surface area contributed by atoms with E-state index in [-0.39, 0.29) is 5.82 Å². The highest BCUT2D eigenvalue weighted by Gasteiger charge is 2.38. The summed E-state index contributed by atoms with van der Waals surface area (Å²) < 4.78 is 31.0. The van der Waals surface area contributed by atoms with E-state index in [0.29, 0.717) is 100 Å². The van der Waals surface area contributed by atoms with Gasteiger partial charge in [0.05, 0.1) is 63.6 Å². The van der Waals surface area contributed by atoms with Gasteiger partial charge in [0.25, 0.3) is 0 Å². The van der Waals surface area contributed by atoms with E-state index >= 15 is 0 Å². The molecule has 0 saturated heterocycles. The molecule has 6 aromatic heterocycles. The minimum Gasteiger partial charge on any atom is -0.481 e. The second-order valence-corrected chi connectivity index (χ2v) is 20.9. The number of aromatic nitrogens is 7. The van der Waals surface area contributed by atoms with Crippen LogP contribution < -0.4 is 9.47 Å². The van der Waals surface area contributed by atoms with E-state index in [1.54, 1.807) is 99.3 Å². The zero-order valence-electron chi connectivity index (χ0n) is 43.9. The molecule has 0 spiro atoms. The third-order valence-electron chi connectivity index (χ3n) is 14.5. The normalized spacial score (nSPS) is 12.9. The Balaban J connectivity index is 0.000000170. The Morgan fingerprint density at radius 2 is 0.988 bits per heavy atom. The summed E-state index contributed by atoms with van der Waals surface area (Å²) >= 11 is 26.7. The van der Waals surface area contributed by atoms with Gasteiger partial charge in [0, 0.05) is 95.9 Å². The summed E-state index contributed by atoms with van der Waals surface area (Å²) in [5.74, 6) is 0.511. The lowest BCUT2D eigenvalue weighted by Gasteiger charge is -2.30. The Labute approximate surface area is 486 Å². The summed E-state index contributed by atoms with van der Waals surface area (Å²) in [7, 11) is 4.97. The van der Waals surface area contributed by atoms with Crippen molar-refractivity contribution in [2.45, 2.75) is 24.0 Å². The zero-order valence-corrected chi connectivity index (χ0v) is 46.9. The van der Waals surface area contributed by atoms with Gasteiger partial charge in [-0.05, 0) is 137 Å². The lowest BCUT2D eigenvalue weighted by molar-refractivity contribution is 0.117. The summed E-state index contributed by atoms with van der Waals surface area (Å²) in [5, 5.41) is 27.7. The molecule has 16 heteroatoms. The molecule has 12 rings (SSSR count). The molecular formula is C65H50Cl4FN7O4. The molecule has 2 N–H and O–H groups in total. The minimum atomic E-state index is -1.62. The van der Waals surface area contributed by atoms with Crippen LogP contribution in [0, 0.1) is 5.82 Å². The van der Waals surface area contributed by atoms with E-state index in [4.69, 9.17) is 65.8 Å². The molecule has 2 unspecified atom stereocenters. The van der Waals surface area contributed by atoms with E-state index < -0.39 is 11.2 Å². The highest BCUT2D eigenvalue weighted by molar-refractivity contribution is 6.42. The van der Waals surface area contributed by atoms with Crippen molar-refractivity contribution >= 4 is 68.2 Å². The Morgan fingerprint density at radius 3 is 1.44 bits per heavy atom. The standard InChI is InChI=1S/C33H24Cl3N3O2.C32H26ClFN4O2/c1-41-32-27(17-21-6-10-25(11-7-21)39-15-2-3-16-39)31(36)26-18-22(9-13-30(26)38-32)33(40,24-5-4-14-37-20-24)23-8-12-28(34)29(35)19-23;1-37-20-35-19-29(37)32(39,22-7-10-24(34)11-8-22)23-9-14-28-26(18-23)30(33)27(31(36-28)40-2)17-21-5-12-25(13-6-21)38-15-3-4-16-38/h2-16,18-20,40H,17H2,1H3;3-16,18-20,39H,17H2,1-2H3. The lowest BCUT2D eigenvalue weighted by atomic mass is 9.80. The van der Waals surface area contributed by atoms with Crippen molar-refractivity contribution in [2.24, 2.45) is 7.05 Å². The summed E-state index contributed by atoms with van der Waals surface area (Å²) in [5.41, 5.74) is 7.05. The van der Waals surface area contributed by atoms with Gasteiger partial charge in [-0.15, -0.1) is 0 Å². The number of pyridine rings is 3. The molecule has 6 heterocycles. The molecule has 0 saturated carbocycles. The van der Waals surface area contributed by atoms with Crippen molar-refractivity contribution in [3.8, 4) is 23.1 Å². The van der Waals surface area contributed by atoms with Crippen LogP contribution in [-0.2, 0) is 31.1 Å². The van der Waals surface area contributed by atoms with Crippen molar-refractivity contribution in [1.82, 2.24) is 33.6 Å². The Bertz CT molecular complexity index is 4190. The molecule has 0 radical (unpaired) electrons. The fourth-order valence-corrected chi connectivity index (χ4v) is 11.1. The number of methoxy groups -OCH3 is 2. The third-order valence-corrected chi connectivity index (χ3v) is 16.1. The van der Waals surface area contributed by atoms with Crippen LogP contribution >= 0.6 is 46.4 Å². The van der Waals surface area contributed by atoms with E-state index in [0.717, 1.165) is 33.6 Å².